The van der Waals surface area contributed by atoms with Gasteiger partial charge in [-0.1, -0.05) is 34.1 Å². The number of amides is 2. The van der Waals surface area contributed by atoms with E-state index in [1.165, 1.54) is 0 Å². The summed E-state index contributed by atoms with van der Waals surface area (Å²) in [5.74, 6) is -0.471. The SMILES string of the molecule is CCOC(=O)c1ccccc1NC(=O)Nc1cccc(Br)c1. The maximum atomic E-state index is 12.0. The van der Waals surface area contributed by atoms with Crippen LogP contribution in [0, 0.1) is 0 Å². The van der Waals surface area contributed by atoms with E-state index in [4.69, 9.17) is 4.74 Å². The molecule has 0 unspecified atom stereocenters. The van der Waals surface area contributed by atoms with Crippen molar-refractivity contribution in [2.75, 3.05) is 17.2 Å². The molecule has 114 valence electrons. The molecule has 0 aliphatic carbocycles. The van der Waals surface area contributed by atoms with Gasteiger partial charge in [-0.05, 0) is 37.3 Å². The van der Waals surface area contributed by atoms with E-state index in [-0.39, 0.29) is 6.61 Å². The third kappa shape index (κ3) is 4.33. The van der Waals surface area contributed by atoms with Gasteiger partial charge in [0.05, 0.1) is 17.9 Å². The highest BCUT2D eigenvalue weighted by atomic mass is 79.9. The molecule has 2 amide bonds. The Kier molecular flexibility index (Phi) is 5.55. The lowest BCUT2D eigenvalue weighted by Gasteiger charge is -2.11. The van der Waals surface area contributed by atoms with E-state index in [0.717, 1.165) is 4.47 Å². The lowest BCUT2D eigenvalue weighted by Crippen LogP contribution is -2.21. The molecule has 0 aromatic heterocycles. The molecule has 5 nitrogen and oxygen atoms in total. The van der Waals surface area contributed by atoms with Crippen molar-refractivity contribution in [3.05, 3.63) is 58.6 Å². The summed E-state index contributed by atoms with van der Waals surface area (Å²) in [4.78, 5) is 23.9. The molecule has 2 N–H and O–H groups in total. The van der Waals surface area contributed by atoms with Crippen LogP contribution in [0.1, 0.15) is 17.3 Å². The van der Waals surface area contributed by atoms with Gasteiger partial charge in [0.1, 0.15) is 0 Å². The fourth-order valence-electron chi connectivity index (χ4n) is 1.83. The number of rotatable bonds is 4. The van der Waals surface area contributed by atoms with Gasteiger partial charge in [-0.25, -0.2) is 9.59 Å². The predicted molar refractivity (Wildman–Crippen MR) is 89.2 cm³/mol. The Labute approximate surface area is 136 Å². The van der Waals surface area contributed by atoms with Crippen LogP contribution < -0.4 is 10.6 Å². The van der Waals surface area contributed by atoms with Gasteiger partial charge in [0, 0.05) is 10.2 Å². The van der Waals surface area contributed by atoms with E-state index in [2.05, 4.69) is 26.6 Å². The Morgan fingerprint density at radius 1 is 1.09 bits per heavy atom. The molecule has 2 rings (SSSR count). The van der Waals surface area contributed by atoms with Crippen molar-refractivity contribution in [1.29, 1.82) is 0 Å². The molecule has 0 aliphatic heterocycles. The van der Waals surface area contributed by atoms with Gasteiger partial charge in [-0.2, -0.15) is 0 Å². The second kappa shape index (κ2) is 7.61. The number of urea groups is 1. The minimum Gasteiger partial charge on any atom is -0.462 e. The summed E-state index contributed by atoms with van der Waals surface area (Å²) in [6.45, 7) is 2.01. The second-order valence-corrected chi connectivity index (χ2v) is 5.27. The van der Waals surface area contributed by atoms with Crippen molar-refractivity contribution >= 4 is 39.3 Å². The van der Waals surface area contributed by atoms with Gasteiger partial charge in [0.2, 0.25) is 0 Å². The quantitative estimate of drug-likeness (QED) is 0.798. The van der Waals surface area contributed by atoms with Gasteiger partial charge in [0.15, 0.2) is 0 Å². The van der Waals surface area contributed by atoms with E-state index in [9.17, 15) is 9.59 Å². The number of ether oxygens (including phenoxy) is 1. The molecule has 2 aromatic carbocycles. The molecule has 2 aromatic rings. The van der Waals surface area contributed by atoms with Crippen LogP contribution in [0.25, 0.3) is 0 Å². The first kappa shape index (κ1) is 16.0. The highest BCUT2D eigenvalue weighted by Crippen LogP contribution is 2.18. The summed E-state index contributed by atoms with van der Waals surface area (Å²) < 4.78 is 5.83. The fourth-order valence-corrected chi connectivity index (χ4v) is 2.23. The lowest BCUT2D eigenvalue weighted by molar-refractivity contribution is 0.0527. The van der Waals surface area contributed by atoms with Crippen molar-refractivity contribution in [2.45, 2.75) is 6.92 Å². The number of benzene rings is 2. The Morgan fingerprint density at radius 2 is 1.86 bits per heavy atom. The van der Waals surface area contributed by atoms with Crippen molar-refractivity contribution in [3.63, 3.8) is 0 Å². The standard InChI is InChI=1S/C16H15BrN2O3/c1-2-22-15(20)13-8-3-4-9-14(13)19-16(21)18-12-7-5-6-11(17)10-12/h3-10H,2H2,1H3,(H2,18,19,21). The Hall–Kier alpha value is -2.34. The second-order valence-electron chi connectivity index (χ2n) is 4.36. The first-order valence-corrected chi connectivity index (χ1v) is 7.49. The number of hydrogen-bond acceptors (Lipinski definition) is 3. The van der Waals surface area contributed by atoms with E-state index in [1.807, 2.05) is 12.1 Å². The summed E-state index contributed by atoms with van der Waals surface area (Å²) >= 11 is 3.33. The minimum absolute atomic E-state index is 0.275. The maximum Gasteiger partial charge on any atom is 0.340 e. The molecular weight excluding hydrogens is 348 g/mol. The molecular formula is C16H15BrN2O3. The van der Waals surface area contributed by atoms with Crippen LogP contribution in [-0.2, 0) is 4.74 Å². The number of para-hydroxylation sites is 1. The summed E-state index contributed by atoms with van der Waals surface area (Å²) in [5, 5.41) is 5.35. The minimum atomic E-state index is -0.471. The zero-order valence-electron chi connectivity index (χ0n) is 11.9. The summed E-state index contributed by atoms with van der Waals surface area (Å²) in [5.41, 5.74) is 1.35. The van der Waals surface area contributed by atoms with Crippen molar-refractivity contribution < 1.29 is 14.3 Å². The number of nitrogens with one attached hydrogen (secondary N) is 2. The summed E-state index contributed by atoms with van der Waals surface area (Å²) in [6.07, 6.45) is 0. The average Bonchev–Trinajstić information content (AvgIpc) is 2.48. The highest BCUT2D eigenvalue weighted by Gasteiger charge is 2.13. The van der Waals surface area contributed by atoms with Crippen LogP contribution in [0.2, 0.25) is 0 Å². The number of carbonyl (C=O) groups is 2. The molecule has 0 saturated heterocycles. The Balaban J connectivity index is 2.10. The summed E-state index contributed by atoms with van der Waals surface area (Å²) in [7, 11) is 0. The normalized spacial score (nSPS) is 9.91. The molecule has 0 atom stereocenters. The molecule has 22 heavy (non-hydrogen) atoms. The number of anilines is 2. The largest absolute Gasteiger partial charge is 0.462 e. The number of esters is 1. The maximum absolute atomic E-state index is 12.0. The summed E-state index contributed by atoms with van der Waals surface area (Å²) in [6, 6.07) is 13.5. The predicted octanol–water partition coefficient (Wildman–Crippen LogP) is 4.27. The molecule has 0 aliphatic rings. The van der Waals surface area contributed by atoms with Crippen LogP contribution in [0.3, 0.4) is 0 Å². The van der Waals surface area contributed by atoms with Gasteiger partial charge >= 0.3 is 12.0 Å². The van der Waals surface area contributed by atoms with E-state index >= 15 is 0 Å². The molecule has 0 heterocycles. The van der Waals surface area contributed by atoms with Crippen molar-refractivity contribution in [3.8, 4) is 0 Å². The monoisotopic (exact) mass is 362 g/mol. The van der Waals surface area contributed by atoms with Gasteiger partial charge in [-0.3, -0.25) is 0 Å². The van der Waals surface area contributed by atoms with E-state index in [0.29, 0.717) is 16.9 Å². The average molecular weight is 363 g/mol. The molecule has 0 saturated carbocycles. The van der Waals surface area contributed by atoms with E-state index in [1.54, 1.807) is 43.3 Å². The van der Waals surface area contributed by atoms with E-state index < -0.39 is 12.0 Å². The first-order chi connectivity index (χ1) is 10.6. The lowest BCUT2D eigenvalue weighted by atomic mass is 10.2. The molecule has 0 bridgehead atoms. The number of halogens is 1. The van der Waals surface area contributed by atoms with Gasteiger partial charge in [0.25, 0.3) is 0 Å². The number of carbonyl (C=O) groups excluding carboxylic acids is 2. The van der Waals surface area contributed by atoms with Crippen LogP contribution >= 0.6 is 15.9 Å². The Morgan fingerprint density at radius 3 is 2.59 bits per heavy atom. The van der Waals surface area contributed by atoms with Crippen LogP contribution in [-0.4, -0.2) is 18.6 Å². The molecule has 6 heteroatoms. The van der Waals surface area contributed by atoms with Crippen molar-refractivity contribution in [2.24, 2.45) is 0 Å². The van der Waals surface area contributed by atoms with Gasteiger partial charge in [-0.15, -0.1) is 0 Å². The third-order valence-corrected chi connectivity index (χ3v) is 3.25. The van der Waals surface area contributed by atoms with Crippen LogP contribution in [0.15, 0.2) is 53.0 Å². The first-order valence-electron chi connectivity index (χ1n) is 6.70. The van der Waals surface area contributed by atoms with Gasteiger partial charge < -0.3 is 15.4 Å². The Bertz CT molecular complexity index is 689. The smallest absolute Gasteiger partial charge is 0.340 e. The van der Waals surface area contributed by atoms with Crippen molar-refractivity contribution in [1.82, 2.24) is 0 Å². The van der Waals surface area contributed by atoms with Crippen LogP contribution in [0.5, 0.6) is 0 Å². The zero-order chi connectivity index (χ0) is 15.9. The number of hydrogen-bond donors (Lipinski definition) is 2. The zero-order valence-corrected chi connectivity index (χ0v) is 13.5. The topological polar surface area (TPSA) is 67.4 Å². The molecule has 0 fully saturated rings. The highest BCUT2D eigenvalue weighted by molar-refractivity contribution is 9.10. The van der Waals surface area contributed by atoms with Crippen LogP contribution in [0.4, 0.5) is 16.2 Å². The molecule has 0 spiro atoms. The third-order valence-electron chi connectivity index (χ3n) is 2.75. The molecule has 0 radical (unpaired) electrons. The fraction of sp³-hybridized carbons (Fsp3) is 0.125.